The molecule has 7 heteroatoms. The number of hydrogen-bond donors (Lipinski definition) is 0. The van der Waals surface area contributed by atoms with E-state index in [-0.39, 0.29) is 12.1 Å². The Bertz CT molecular complexity index is 1110. The highest BCUT2D eigenvalue weighted by molar-refractivity contribution is 5.90. The van der Waals surface area contributed by atoms with Crippen LogP contribution in [-0.2, 0) is 4.74 Å². The maximum atomic E-state index is 12.9. The predicted octanol–water partition coefficient (Wildman–Crippen LogP) is 3.58. The second kappa shape index (κ2) is 8.37. The fourth-order valence-electron chi connectivity index (χ4n) is 3.77. The number of piperidine rings is 1. The van der Waals surface area contributed by atoms with Gasteiger partial charge in [0.25, 0.3) is 0 Å². The monoisotopic (exact) mass is 401 g/mol. The predicted molar refractivity (Wildman–Crippen MR) is 113 cm³/mol. The summed E-state index contributed by atoms with van der Waals surface area (Å²) in [7, 11) is 0. The lowest BCUT2D eigenvalue weighted by molar-refractivity contribution is 0.0268. The van der Waals surface area contributed by atoms with Crippen LogP contribution in [0.3, 0.4) is 0 Å². The largest absolute Gasteiger partial charge is 0.457 e. The number of rotatable bonds is 4. The second-order valence-electron chi connectivity index (χ2n) is 7.47. The molecule has 1 atom stereocenters. The van der Waals surface area contributed by atoms with Gasteiger partial charge >= 0.3 is 5.97 Å². The van der Waals surface area contributed by atoms with Crippen LogP contribution in [0.5, 0.6) is 0 Å². The molecule has 30 heavy (non-hydrogen) atoms. The summed E-state index contributed by atoms with van der Waals surface area (Å²) in [5, 5.41) is 13.5. The first-order chi connectivity index (χ1) is 14.6. The lowest BCUT2D eigenvalue weighted by atomic mass is 10.1. The van der Waals surface area contributed by atoms with Crippen molar-refractivity contribution >= 4 is 11.8 Å². The van der Waals surface area contributed by atoms with Gasteiger partial charge in [0.1, 0.15) is 17.5 Å². The van der Waals surface area contributed by atoms with Gasteiger partial charge < -0.3 is 9.64 Å². The summed E-state index contributed by atoms with van der Waals surface area (Å²) in [5.74, 6) is 0.372. The molecule has 152 valence electrons. The fraction of sp³-hybridized carbons (Fsp3) is 0.304. The molecule has 1 fully saturated rings. The molecule has 4 rings (SSSR count). The maximum Gasteiger partial charge on any atom is 0.341 e. The Labute approximate surface area is 175 Å². The van der Waals surface area contributed by atoms with E-state index in [0.29, 0.717) is 17.7 Å². The van der Waals surface area contributed by atoms with Crippen LogP contribution in [0.4, 0.5) is 5.82 Å². The van der Waals surface area contributed by atoms with Gasteiger partial charge in [-0.2, -0.15) is 10.4 Å². The van der Waals surface area contributed by atoms with Crippen molar-refractivity contribution in [2.45, 2.75) is 32.8 Å². The number of aryl methyl sites for hydroxylation is 1. The SMILES string of the molecule is Cc1ccccc1-n1ncc(C(=O)OC2CCCN(c3cc(C#N)ccn3)C2)c1C. The lowest BCUT2D eigenvalue weighted by Crippen LogP contribution is -2.41. The summed E-state index contributed by atoms with van der Waals surface area (Å²) < 4.78 is 7.59. The average Bonchev–Trinajstić information content (AvgIpc) is 3.15. The average molecular weight is 401 g/mol. The summed E-state index contributed by atoms with van der Waals surface area (Å²) in [6.07, 6.45) is 4.65. The van der Waals surface area contributed by atoms with Crippen molar-refractivity contribution in [2.75, 3.05) is 18.0 Å². The molecule has 3 aromatic rings. The third kappa shape index (κ3) is 3.90. The number of nitriles is 1. The number of esters is 1. The van der Waals surface area contributed by atoms with E-state index in [0.717, 1.165) is 42.1 Å². The Morgan fingerprint density at radius 1 is 1.27 bits per heavy atom. The van der Waals surface area contributed by atoms with Crippen LogP contribution in [0.25, 0.3) is 5.69 Å². The van der Waals surface area contributed by atoms with Crippen molar-refractivity contribution in [1.82, 2.24) is 14.8 Å². The van der Waals surface area contributed by atoms with Crippen molar-refractivity contribution in [1.29, 1.82) is 5.26 Å². The van der Waals surface area contributed by atoms with Crippen molar-refractivity contribution in [2.24, 2.45) is 0 Å². The first-order valence-corrected chi connectivity index (χ1v) is 9.99. The number of hydrogen-bond acceptors (Lipinski definition) is 6. The number of ether oxygens (including phenoxy) is 1. The van der Waals surface area contributed by atoms with E-state index in [1.807, 2.05) is 38.1 Å². The number of nitrogens with zero attached hydrogens (tertiary/aromatic N) is 5. The first kappa shape index (κ1) is 19.6. The number of para-hydroxylation sites is 1. The molecule has 1 saturated heterocycles. The van der Waals surface area contributed by atoms with Crippen LogP contribution in [0.2, 0.25) is 0 Å². The van der Waals surface area contributed by atoms with Gasteiger partial charge in [0, 0.05) is 12.7 Å². The van der Waals surface area contributed by atoms with Gasteiger partial charge in [0.15, 0.2) is 0 Å². The minimum atomic E-state index is -0.363. The molecular formula is C23H23N5O2. The number of pyridine rings is 1. The third-order valence-corrected chi connectivity index (χ3v) is 5.42. The second-order valence-corrected chi connectivity index (χ2v) is 7.47. The summed E-state index contributed by atoms with van der Waals surface area (Å²) in [4.78, 5) is 19.3. The third-order valence-electron chi connectivity index (χ3n) is 5.42. The standard InChI is InChI=1S/C23H23N5O2/c1-16-6-3-4-8-21(16)28-17(2)20(14-26-28)23(29)30-19-7-5-11-27(15-19)22-12-18(13-24)9-10-25-22/h3-4,6,8-10,12,14,19H,5,7,11,15H2,1-2H3. The number of carbonyl (C=O) groups is 1. The molecular weight excluding hydrogens is 378 g/mol. The Morgan fingerprint density at radius 2 is 2.10 bits per heavy atom. The zero-order chi connectivity index (χ0) is 21.1. The Morgan fingerprint density at radius 3 is 2.90 bits per heavy atom. The van der Waals surface area contributed by atoms with Crippen molar-refractivity contribution in [3.8, 4) is 11.8 Å². The number of anilines is 1. The molecule has 3 heterocycles. The molecule has 2 aromatic heterocycles. The van der Waals surface area contributed by atoms with Gasteiger partial charge in [-0.1, -0.05) is 18.2 Å². The molecule has 1 aromatic carbocycles. The highest BCUT2D eigenvalue weighted by Gasteiger charge is 2.26. The van der Waals surface area contributed by atoms with Crippen LogP contribution < -0.4 is 4.90 Å². The molecule has 7 nitrogen and oxygen atoms in total. The first-order valence-electron chi connectivity index (χ1n) is 9.99. The molecule has 1 aliphatic heterocycles. The van der Waals surface area contributed by atoms with Crippen molar-refractivity contribution in [3.63, 3.8) is 0 Å². The number of benzene rings is 1. The van der Waals surface area contributed by atoms with Gasteiger partial charge in [-0.25, -0.2) is 14.5 Å². The fourth-order valence-corrected chi connectivity index (χ4v) is 3.77. The molecule has 0 N–H and O–H groups in total. The molecule has 0 amide bonds. The number of aromatic nitrogens is 3. The molecule has 0 aliphatic carbocycles. The molecule has 0 bridgehead atoms. The van der Waals surface area contributed by atoms with E-state index in [4.69, 9.17) is 10.00 Å². The van der Waals surface area contributed by atoms with E-state index in [1.54, 1.807) is 29.2 Å². The maximum absolute atomic E-state index is 12.9. The highest BCUT2D eigenvalue weighted by atomic mass is 16.5. The summed E-state index contributed by atoms with van der Waals surface area (Å²) in [5.41, 5.74) is 3.82. The van der Waals surface area contributed by atoms with Crippen molar-refractivity contribution in [3.05, 3.63) is 71.2 Å². The zero-order valence-corrected chi connectivity index (χ0v) is 17.1. The summed E-state index contributed by atoms with van der Waals surface area (Å²) >= 11 is 0. The Kier molecular flexibility index (Phi) is 5.48. The van der Waals surface area contributed by atoms with E-state index < -0.39 is 0 Å². The van der Waals surface area contributed by atoms with Gasteiger partial charge in [0.05, 0.1) is 35.8 Å². The Hall–Kier alpha value is -3.66. The molecule has 1 aliphatic rings. The van der Waals surface area contributed by atoms with Crippen LogP contribution in [0.15, 0.2) is 48.8 Å². The van der Waals surface area contributed by atoms with E-state index >= 15 is 0 Å². The highest BCUT2D eigenvalue weighted by Crippen LogP contribution is 2.23. The van der Waals surface area contributed by atoms with Crippen LogP contribution in [-0.4, -0.2) is 39.9 Å². The van der Waals surface area contributed by atoms with Gasteiger partial charge in [-0.3, -0.25) is 0 Å². The number of carbonyl (C=O) groups excluding carboxylic acids is 1. The van der Waals surface area contributed by atoms with Gasteiger partial charge in [0.2, 0.25) is 0 Å². The van der Waals surface area contributed by atoms with Crippen molar-refractivity contribution < 1.29 is 9.53 Å². The zero-order valence-electron chi connectivity index (χ0n) is 17.1. The van der Waals surface area contributed by atoms with Gasteiger partial charge in [-0.05, 0) is 50.5 Å². The molecule has 0 saturated carbocycles. The normalized spacial score (nSPS) is 16.2. The van der Waals surface area contributed by atoms with Crippen LogP contribution >= 0.6 is 0 Å². The topological polar surface area (TPSA) is 84.0 Å². The van der Waals surface area contributed by atoms with Crippen LogP contribution in [0, 0.1) is 25.2 Å². The molecule has 1 unspecified atom stereocenters. The molecule has 0 spiro atoms. The molecule has 0 radical (unpaired) electrons. The lowest BCUT2D eigenvalue weighted by Gasteiger charge is -2.33. The van der Waals surface area contributed by atoms with E-state index in [1.165, 1.54) is 0 Å². The smallest absolute Gasteiger partial charge is 0.341 e. The van der Waals surface area contributed by atoms with Crippen LogP contribution in [0.1, 0.15) is 40.0 Å². The summed E-state index contributed by atoms with van der Waals surface area (Å²) in [6, 6.07) is 13.5. The quantitative estimate of drug-likeness (QED) is 0.621. The minimum absolute atomic E-state index is 0.236. The van der Waals surface area contributed by atoms with E-state index in [2.05, 4.69) is 21.1 Å². The Balaban J connectivity index is 1.48. The van der Waals surface area contributed by atoms with E-state index in [9.17, 15) is 4.79 Å². The van der Waals surface area contributed by atoms with Gasteiger partial charge in [-0.15, -0.1) is 0 Å². The summed E-state index contributed by atoms with van der Waals surface area (Å²) in [6.45, 7) is 5.26. The minimum Gasteiger partial charge on any atom is -0.457 e.